The molecule has 0 aliphatic heterocycles. The van der Waals surface area contributed by atoms with E-state index in [0.717, 1.165) is 0 Å². The topological polar surface area (TPSA) is 101 Å². The molecule has 0 saturated carbocycles. The predicted molar refractivity (Wildman–Crippen MR) is 32.4 cm³/mol. The van der Waals surface area contributed by atoms with E-state index in [1.165, 1.54) is 11.0 Å². The van der Waals surface area contributed by atoms with Crippen molar-refractivity contribution in [2.45, 2.75) is 6.54 Å². The zero-order valence-electron chi connectivity index (χ0n) is 6.41. The summed E-state index contributed by atoms with van der Waals surface area (Å²) in [5, 5.41) is 9.89. The maximum Gasteiger partial charge on any atom is 1.00 e. The first-order valence-electron chi connectivity index (χ1n) is 2.72. The Morgan fingerprint density at radius 3 is 2.58 bits per heavy atom. The van der Waals surface area contributed by atoms with Crippen LogP contribution in [0.1, 0.15) is 0 Å². The van der Waals surface area contributed by atoms with E-state index in [1.807, 2.05) is 0 Å². The van der Waals surface area contributed by atoms with Gasteiger partial charge in [0, 0.05) is 0 Å². The van der Waals surface area contributed by atoms with Crippen molar-refractivity contribution in [3.8, 4) is 0 Å². The summed E-state index contributed by atoms with van der Waals surface area (Å²) in [5.74, 6) is -0.488. The molecule has 12 heavy (non-hydrogen) atoms. The van der Waals surface area contributed by atoms with E-state index >= 15 is 0 Å². The molecule has 0 aromatic carbocycles. The molecule has 62 valence electrons. The van der Waals surface area contributed by atoms with Gasteiger partial charge < -0.3 is 4.55 Å². The molecule has 0 aliphatic rings. The van der Waals surface area contributed by atoms with Gasteiger partial charge >= 0.3 is 51.4 Å². The van der Waals surface area contributed by atoms with Crippen molar-refractivity contribution in [3.05, 3.63) is 6.33 Å². The summed E-state index contributed by atoms with van der Waals surface area (Å²) in [6, 6.07) is 0. The third-order valence-corrected chi connectivity index (χ3v) is 1.64. The van der Waals surface area contributed by atoms with Crippen molar-refractivity contribution in [1.82, 2.24) is 20.2 Å². The van der Waals surface area contributed by atoms with Crippen molar-refractivity contribution in [1.29, 1.82) is 0 Å². The minimum Gasteiger partial charge on any atom is -0.748 e. The van der Waals surface area contributed by atoms with E-state index in [4.69, 9.17) is 0 Å². The Hall–Kier alpha value is 0.616. The number of hydrogen-bond acceptors (Lipinski definition) is 6. The largest absolute Gasteiger partial charge is 1.00 e. The molecule has 0 aliphatic carbocycles. The molecule has 0 N–H and O–H groups in total. The van der Waals surface area contributed by atoms with Gasteiger partial charge in [-0.3, -0.25) is 0 Å². The molecule has 1 heterocycles. The van der Waals surface area contributed by atoms with Crippen molar-refractivity contribution >= 4 is 10.1 Å². The first-order chi connectivity index (χ1) is 5.08. The van der Waals surface area contributed by atoms with E-state index in [9.17, 15) is 13.0 Å². The summed E-state index contributed by atoms with van der Waals surface area (Å²) in [6.07, 6.45) is 1.24. The van der Waals surface area contributed by atoms with Crippen LogP contribution in [0.15, 0.2) is 6.33 Å². The molecule has 0 saturated heterocycles. The Labute approximate surface area is 112 Å². The van der Waals surface area contributed by atoms with Gasteiger partial charge in [-0.05, 0) is 10.4 Å². The van der Waals surface area contributed by atoms with Gasteiger partial charge in [-0.25, -0.2) is 13.1 Å². The predicted octanol–water partition coefficient (Wildman–Crippen LogP) is -4.78. The number of rotatable bonds is 3. The monoisotopic (exact) mass is 216 g/mol. The van der Waals surface area contributed by atoms with Gasteiger partial charge in [-0.2, -0.15) is 0 Å². The first kappa shape index (κ1) is 12.6. The third-order valence-electron chi connectivity index (χ3n) is 0.962. The molecule has 7 nitrogen and oxygen atoms in total. The average molecular weight is 216 g/mol. The van der Waals surface area contributed by atoms with Crippen LogP contribution in [-0.4, -0.2) is 38.9 Å². The van der Waals surface area contributed by atoms with Gasteiger partial charge in [0.25, 0.3) is 0 Å². The molecule has 0 atom stereocenters. The van der Waals surface area contributed by atoms with E-state index in [1.54, 1.807) is 0 Å². The number of tetrazole rings is 1. The van der Waals surface area contributed by atoms with Crippen LogP contribution < -0.4 is 51.4 Å². The molecule has 9 heteroatoms. The summed E-state index contributed by atoms with van der Waals surface area (Å²) >= 11 is 0. The number of aryl methyl sites for hydroxylation is 1. The Morgan fingerprint density at radius 1 is 1.50 bits per heavy atom. The van der Waals surface area contributed by atoms with Crippen LogP contribution in [-0.2, 0) is 16.7 Å². The average Bonchev–Trinajstić information content (AvgIpc) is 2.32. The van der Waals surface area contributed by atoms with Gasteiger partial charge in [0.15, 0.2) is 0 Å². The van der Waals surface area contributed by atoms with Gasteiger partial charge in [-0.1, -0.05) is 0 Å². The second-order valence-corrected chi connectivity index (χ2v) is 3.36. The maximum atomic E-state index is 10.1. The van der Waals surface area contributed by atoms with Crippen molar-refractivity contribution in [3.63, 3.8) is 0 Å². The second-order valence-electron chi connectivity index (χ2n) is 1.83. The molecule has 0 bridgehead atoms. The first-order valence-corrected chi connectivity index (χ1v) is 4.30. The van der Waals surface area contributed by atoms with Crippen molar-refractivity contribution in [2.24, 2.45) is 0 Å². The Kier molecular flexibility index (Phi) is 5.64. The molecular formula is C3H5KN4O3S. The fraction of sp³-hybridized carbons (Fsp3) is 0.667. The summed E-state index contributed by atoms with van der Waals surface area (Å²) in [4.78, 5) is 0. The number of aromatic nitrogens is 4. The normalized spacial score (nSPS) is 10.8. The van der Waals surface area contributed by atoms with Crippen LogP contribution in [0.2, 0.25) is 0 Å². The van der Waals surface area contributed by atoms with E-state index in [0.29, 0.717) is 0 Å². The van der Waals surface area contributed by atoms with Gasteiger partial charge in [0.1, 0.15) is 6.33 Å². The van der Waals surface area contributed by atoms with Crippen molar-refractivity contribution in [2.75, 3.05) is 5.75 Å². The molecule has 0 amide bonds. The quantitative estimate of drug-likeness (QED) is 0.371. The fourth-order valence-electron chi connectivity index (χ4n) is 0.488. The SMILES string of the molecule is O=S(=O)([O-])CCn1cnnn1.[K+]. The molecule has 1 rings (SSSR count). The summed E-state index contributed by atoms with van der Waals surface area (Å²) in [6.45, 7) is -0.00116. The van der Waals surface area contributed by atoms with E-state index in [2.05, 4.69) is 15.5 Å². The Balaban J connectivity index is 0.00000121. The Morgan fingerprint density at radius 2 is 2.17 bits per heavy atom. The maximum absolute atomic E-state index is 10.1. The summed E-state index contributed by atoms with van der Waals surface area (Å²) < 4.78 is 31.4. The summed E-state index contributed by atoms with van der Waals surface area (Å²) in [7, 11) is -4.17. The zero-order valence-corrected chi connectivity index (χ0v) is 10.4. The van der Waals surface area contributed by atoms with Crippen LogP contribution in [0, 0.1) is 0 Å². The van der Waals surface area contributed by atoms with E-state index < -0.39 is 15.9 Å². The third kappa shape index (κ3) is 5.30. The van der Waals surface area contributed by atoms with Crippen LogP contribution in [0.3, 0.4) is 0 Å². The second kappa shape index (κ2) is 5.37. The van der Waals surface area contributed by atoms with Gasteiger partial charge in [-0.15, -0.1) is 5.10 Å². The minimum absolute atomic E-state index is 0. The number of hydrogen-bond donors (Lipinski definition) is 0. The van der Waals surface area contributed by atoms with Crippen LogP contribution in [0.25, 0.3) is 0 Å². The molecule has 0 unspecified atom stereocenters. The van der Waals surface area contributed by atoms with E-state index in [-0.39, 0.29) is 57.9 Å². The molecule has 0 fully saturated rings. The fourth-order valence-corrected chi connectivity index (χ4v) is 0.899. The smallest absolute Gasteiger partial charge is 0.748 e. The van der Waals surface area contributed by atoms with Gasteiger partial charge in [0.2, 0.25) is 0 Å². The van der Waals surface area contributed by atoms with Crippen LogP contribution >= 0.6 is 0 Å². The molecule has 1 aromatic rings. The molecular weight excluding hydrogens is 211 g/mol. The van der Waals surface area contributed by atoms with Crippen molar-refractivity contribution < 1.29 is 64.4 Å². The molecule has 1 aromatic heterocycles. The molecule has 0 radical (unpaired) electrons. The standard InChI is InChI=1S/C3H6N4O3S.K/c8-11(9,10)2-1-7-3-4-5-6-7;/h3H,1-2H2,(H,8,9,10);/q;+1/p-1. The van der Waals surface area contributed by atoms with Crippen LogP contribution in [0.5, 0.6) is 0 Å². The molecule has 0 spiro atoms. The van der Waals surface area contributed by atoms with Crippen LogP contribution in [0.4, 0.5) is 0 Å². The van der Waals surface area contributed by atoms with Gasteiger partial charge in [0.05, 0.1) is 22.4 Å². The number of nitrogens with zero attached hydrogens (tertiary/aromatic N) is 4. The zero-order chi connectivity index (χ0) is 8.32. The summed E-state index contributed by atoms with van der Waals surface area (Å²) in [5.41, 5.74) is 0. The minimum atomic E-state index is -4.17. The Bertz CT molecular complexity index is 308.